The minimum Gasteiger partial charge on any atom is -0.367 e. The van der Waals surface area contributed by atoms with Crippen LogP contribution in [-0.2, 0) is 6.54 Å². The Labute approximate surface area is 140 Å². The molecule has 0 unspecified atom stereocenters. The lowest BCUT2D eigenvalue weighted by atomic mass is 10.2. The van der Waals surface area contributed by atoms with Gasteiger partial charge in [-0.3, -0.25) is 9.88 Å². The third-order valence-corrected chi connectivity index (χ3v) is 4.46. The molecule has 24 heavy (non-hydrogen) atoms. The van der Waals surface area contributed by atoms with Gasteiger partial charge >= 0.3 is 0 Å². The summed E-state index contributed by atoms with van der Waals surface area (Å²) < 4.78 is 1.77. The van der Waals surface area contributed by atoms with Crippen molar-refractivity contribution >= 4 is 11.3 Å². The highest BCUT2D eigenvalue weighted by atomic mass is 15.4. The van der Waals surface area contributed by atoms with E-state index in [-0.39, 0.29) is 0 Å². The first-order valence-electron chi connectivity index (χ1n) is 8.33. The molecule has 4 rings (SSSR count). The zero-order valence-electron chi connectivity index (χ0n) is 13.8. The lowest BCUT2D eigenvalue weighted by Crippen LogP contribution is -2.31. The lowest BCUT2D eigenvalue weighted by molar-refractivity contribution is 0.285. The van der Waals surface area contributed by atoms with Crippen LogP contribution in [0, 0.1) is 6.92 Å². The molecule has 0 saturated carbocycles. The van der Waals surface area contributed by atoms with Crippen molar-refractivity contribution in [1.82, 2.24) is 29.7 Å². The average molecular weight is 323 g/mol. The first kappa shape index (κ1) is 15.0. The number of fused-ring (bicyclic) bond motifs is 1. The van der Waals surface area contributed by atoms with Crippen LogP contribution in [0.15, 0.2) is 36.9 Å². The summed E-state index contributed by atoms with van der Waals surface area (Å²) >= 11 is 0. The number of hydrogen-bond donors (Lipinski definition) is 0. The van der Waals surface area contributed by atoms with Crippen LogP contribution in [0.4, 0.5) is 5.69 Å². The predicted octanol–water partition coefficient (Wildman–Crippen LogP) is 1.54. The van der Waals surface area contributed by atoms with Gasteiger partial charge in [0.2, 0.25) is 5.65 Å². The fraction of sp³-hybridized carbons (Fsp3) is 0.412. The van der Waals surface area contributed by atoms with Gasteiger partial charge in [-0.05, 0) is 37.1 Å². The molecule has 4 heterocycles. The van der Waals surface area contributed by atoms with Crippen LogP contribution in [0.25, 0.3) is 5.65 Å². The molecule has 7 nitrogen and oxygen atoms in total. The zero-order chi connectivity index (χ0) is 16.4. The van der Waals surface area contributed by atoms with Gasteiger partial charge in [0.25, 0.3) is 0 Å². The van der Waals surface area contributed by atoms with E-state index in [9.17, 15) is 0 Å². The summed E-state index contributed by atoms with van der Waals surface area (Å²) in [6.07, 6.45) is 6.52. The molecule has 0 radical (unpaired) electrons. The molecule has 0 amide bonds. The fourth-order valence-corrected chi connectivity index (χ4v) is 3.28. The van der Waals surface area contributed by atoms with E-state index in [1.54, 1.807) is 10.8 Å². The van der Waals surface area contributed by atoms with Gasteiger partial charge in [0, 0.05) is 45.1 Å². The third-order valence-electron chi connectivity index (χ3n) is 4.46. The third kappa shape index (κ3) is 3.07. The molecule has 0 bridgehead atoms. The summed E-state index contributed by atoms with van der Waals surface area (Å²) in [6.45, 7) is 7.13. The van der Waals surface area contributed by atoms with E-state index in [2.05, 4.69) is 48.3 Å². The number of aromatic nitrogens is 5. The number of hydrogen-bond acceptors (Lipinski definition) is 6. The second-order valence-electron chi connectivity index (χ2n) is 6.24. The van der Waals surface area contributed by atoms with E-state index < -0.39 is 0 Å². The Kier molecular flexibility index (Phi) is 4.08. The van der Waals surface area contributed by atoms with Crippen molar-refractivity contribution in [2.45, 2.75) is 19.9 Å². The van der Waals surface area contributed by atoms with Gasteiger partial charge < -0.3 is 4.90 Å². The molecule has 0 spiro atoms. The van der Waals surface area contributed by atoms with E-state index in [4.69, 9.17) is 0 Å². The summed E-state index contributed by atoms with van der Waals surface area (Å²) in [5.41, 5.74) is 4.27. The van der Waals surface area contributed by atoms with E-state index in [0.717, 1.165) is 56.2 Å². The highest BCUT2D eigenvalue weighted by Gasteiger charge is 2.19. The SMILES string of the molecule is Cc1cc(N2CCCN(Cc3ccncc3)CC2)c2nncn2n1. The van der Waals surface area contributed by atoms with Gasteiger partial charge in [-0.1, -0.05) is 0 Å². The first-order valence-corrected chi connectivity index (χ1v) is 8.33. The maximum absolute atomic E-state index is 4.43. The molecule has 1 aliphatic heterocycles. The number of rotatable bonds is 3. The van der Waals surface area contributed by atoms with Gasteiger partial charge in [0.1, 0.15) is 6.33 Å². The first-order chi connectivity index (χ1) is 11.8. The van der Waals surface area contributed by atoms with E-state index in [1.165, 1.54) is 5.56 Å². The smallest absolute Gasteiger partial charge is 0.200 e. The maximum atomic E-state index is 4.43. The minimum atomic E-state index is 0.836. The largest absolute Gasteiger partial charge is 0.367 e. The monoisotopic (exact) mass is 323 g/mol. The van der Waals surface area contributed by atoms with E-state index in [1.807, 2.05) is 19.3 Å². The molecule has 3 aromatic heterocycles. The molecular weight excluding hydrogens is 302 g/mol. The fourth-order valence-electron chi connectivity index (χ4n) is 3.28. The van der Waals surface area contributed by atoms with Crippen molar-refractivity contribution in [3.63, 3.8) is 0 Å². The summed E-state index contributed by atoms with van der Waals surface area (Å²) in [7, 11) is 0. The van der Waals surface area contributed by atoms with Gasteiger partial charge in [-0.25, -0.2) is 0 Å². The van der Waals surface area contributed by atoms with Crippen LogP contribution in [0.2, 0.25) is 0 Å². The van der Waals surface area contributed by atoms with Crippen molar-refractivity contribution < 1.29 is 0 Å². The summed E-state index contributed by atoms with van der Waals surface area (Å²) in [5, 5.41) is 12.7. The van der Waals surface area contributed by atoms with Crippen molar-refractivity contribution in [1.29, 1.82) is 0 Å². The van der Waals surface area contributed by atoms with Crippen LogP contribution >= 0.6 is 0 Å². The highest BCUT2D eigenvalue weighted by molar-refractivity contribution is 5.68. The summed E-state index contributed by atoms with van der Waals surface area (Å²) in [6, 6.07) is 6.30. The van der Waals surface area contributed by atoms with E-state index in [0.29, 0.717) is 0 Å². The molecule has 0 aliphatic carbocycles. The highest BCUT2D eigenvalue weighted by Crippen LogP contribution is 2.22. The Morgan fingerprint density at radius 1 is 1.08 bits per heavy atom. The molecule has 0 aromatic carbocycles. The molecule has 0 N–H and O–H groups in total. The van der Waals surface area contributed by atoms with Gasteiger partial charge in [0.15, 0.2) is 0 Å². The van der Waals surface area contributed by atoms with Crippen LogP contribution in [-0.4, -0.2) is 55.9 Å². The Balaban J connectivity index is 1.51. The van der Waals surface area contributed by atoms with Crippen LogP contribution in [0.1, 0.15) is 17.7 Å². The van der Waals surface area contributed by atoms with Crippen molar-refractivity contribution in [2.24, 2.45) is 0 Å². The quantitative estimate of drug-likeness (QED) is 0.728. The predicted molar refractivity (Wildman–Crippen MR) is 91.9 cm³/mol. The van der Waals surface area contributed by atoms with Crippen LogP contribution < -0.4 is 4.90 Å². The minimum absolute atomic E-state index is 0.836. The number of nitrogens with zero attached hydrogens (tertiary/aromatic N) is 7. The molecule has 1 saturated heterocycles. The molecule has 3 aromatic rings. The van der Waals surface area contributed by atoms with Crippen molar-refractivity contribution in [3.8, 4) is 0 Å². The second-order valence-corrected chi connectivity index (χ2v) is 6.24. The zero-order valence-corrected chi connectivity index (χ0v) is 13.8. The van der Waals surface area contributed by atoms with Crippen LogP contribution in [0.3, 0.4) is 0 Å². The molecular formula is C17H21N7. The number of anilines is 1. The topological polar surface area (TPSA) is 62.5 Å². The van der Waals surface area contributed by atoms with Gasteiger partial charge in [0.05, 0.1) is 11.4 Å². The molecule has 7 heteroatoms. The Morgan fingerprint density at radius 2 is 1.96 bits per heavy atom. The lowest BCUT2D eigenvalue weighted by Gasteiger charge is -2.24. The molecule has 124 valence electrons. The Morgan fingerprint density at radius 3 is 2.83 bits per heavy atom. The molecule has 1 aliphatic rings. The Bertz CT molecular complexity index is 814. The number of pyridine rings is 1. The van der Waals surface area contributed by atoms with Crippen molar-refractivity contribution in [3.05, 3.63) is 48.2 Å². The van der Waals surface area contributed by atoms with Gasteiger partial charge in [-0.15, -0.1) is 10.2 Å². The number of aryl methyl sites for hydroxylation is 1. The standard InChI is InChI=1S/C17H21N7/c1-14-11-16(17-20-19-13-24(17)21-14)23-8-2-7-22(9-10-23)12-15-3-5-18-6-4-15/h3-6,11,13H,2,7-10,12H2,1H3. The second kappa shape index (κ2) is 6.52. The summed E-state index contributed by atoms with van der Waals surface area (Å²) in [5.74, 6) is 0. The molecule has 1 fully saturated rings. The van der Waals surface area contributed by atoms with Gasteiger partial charge in [-0.2, -0.15) is 9.61 Å². The van der Waals surface area contributed by atoms with Crippen LogP contribution in [0.5, 0.6) is 0 Å². The summed E-state index contributed by atoms with van der Waals surface area (Å²) in [4.78, 5) is 9.01. The maximum Gasteiger partial charge on any atom is 0.200 e. The van der Waals surface area contributed by atoms with Crippen molar-refractivity contribution in [2.75, 3.05) is 31.1 Å². The Hall–Kier alpha value is -2.54. The molecule has 0 atom stereocenters. The van der Waals surface area contributed by atoms with E-state index >= 15 is 0 Å². The normalized spacial score (nSPS) is 16.5. The average Bonchev–Trinajstić information content (AvgIpc) is 2.94.